The number of nitrogens with zero attached hydrogens (tertiary/aromatic N) is 1. The minimum absolute atomic E-state index is 0.0407. The largest absolute Gasteiger partial charge is 0.573 e. The van der Waals surface area contributed by atoms with Crippen LogP contribution < -0.4 is 15.4 Å². The molecule has 4 unspecified atom stereocenters. The Hall–Kier alpha value is -3.47. The van der Waals surface area contributed by atoms with Crippen LogP contribution in [0.1, 0.15) is 41.1 Å². The SMILES string of the molecule is NC(CC=O)(C(=O)O)C1c2ccc(F)cc2N(C(=O)c2ccc(OC(F)(F)F)cc2)C2CCC21. The lowest BCUT2D eigenvalue weighted by Crippen LogP contribution is -2.64. The van der Waals surface area contributed by atoms with Crippen molar-refractivity contribution < 1.29 is 41.8 Å². The molecule has 4 rings (SSSR count). The van der Waals surface area contributed by atoms with Crippen molar-refractivity contribution in [3.8, 4) is 5.75 Å². The van der Waals surface area contributed by atoms with Crippen LogP contribution in [-0.4, -0.2) is 41.2 Å². The Morgan fingerprint density at radius 2 is 1.82 bits per heavy atom. The number of carbonyl (C=O) groups excluding carboxylic acids is 2. The fourth-order valence-electron chi connectivity index (χ4n) is 4.96. The molecule has 4 atom stereocenters. The molecule has 1 fully saturated rings. The Bertz CT molecular complexity index is 1140. The maximum atomic E-state index is 14.3. The lowest BCUT2D eigenvalue weighted by atomic mass is 9.58. The molecule has 0 radical (unpaired) electrons. The molecule has 7 nitrogen and oxygen atoms in total. The van der Waals surface area contributed by atoms with Crippen molar-refractivity contribution in [2.24, 2.45) is 11.7 Å². The highest BCUT2D eigenvalue weighted by Crippen LogP contribution is 2.55. The number of carbonyl (C=O) groups is 3. The number of carboxylic acid groups (broad SMARTS) is 1. The number of aldehydes is 1. The zero-order valence-corrected chi connectivity index (χ0v) is 17.6. The Labute approximate surface area is 191 Å². The van der Waals surface area contributed by atoms with Gasteiger partial charge in [0.25, 0.3) is 5.91 Å². The lowest BCUT2D eigenvalue weighted by molar-refractivity contribution is -0.274. The van der Waals surface area contributed by atoms with Gasteiger partial charge in [0.1, 0.15) is 23.4 Å². The number of nitrogens with two attached hydrogens (primary N) is 1. The van der Waals surface area contributed by atoms with Crippen molar-refractivity contribution in [3.05, 3.63) is 59.4 Å². The maximum absolute atomic E-state index is 14.3. The van der Waals surface area contributed by atoms with Gasteiger partial charge in [-0.1, -0.05) is 6.07 Å². The smallest absolute Gasteiger partial charge is 0.480 e. The Balaban J connectivity index is 1.76. The predicted octanol–water partition coefficient (Wildman–Crippen LogP) is 3.62. The van der Waals surface area contributed by atoms with Gasteiger partial charge in [0, 0.05) is 23.9 Å². The highest BCUT2D eigenvalue weighted by atomic mass is 19.4. The number of hydrogen-bond acceptors (Lipinski definition) is 5. The molecule has 0 saturated heterocycles. The number of alkyl halides is 3. The monoisotopic (exact) mass is 480 g/mol. The van der Waals surface area contributed by atoms with E-state index < -0.39 is 59.6 Å². The summed E-state index contributed by atoms with van der Waals surface area (Å²) in [7, 11) is 0. The van der Waals surface area contributed by atoms with Gasteiger partial charge in [0.15, 0.2) is 0 Å². The number of fused-ring (bicyclic) bond motifs is 2. The van der Waals surface area contributed by atoms with Crippen molar-refractivity contribution in [1.82, 2.24) is 0 Å². The van der Waals surface area contributed by atoms with Gasteiger partial charge in [-0.3, -0.25) is 9.59 Å². The molecule has 2 aromatic rings. The molecule has 11 heteroatoms. The summed E-state index contributed by atoms with van der Waals surface area (Å²) in [6.07, 6.45) is -3.92. The van der Waals surface area contributed by atoms with Crippen LogP contribution in [0.3, 0.4) is 0 Å². The summed E-state index contributed by atoms with van der Waals surface area (Å²) < 4.78 is 55.4. The number of hydrogen-bond donors (Lipinski definition) is 2. The standard InChI is InChI=1S/C23H20F4N2O5/c24-13-3-6-16-18(11-13)29(20(31)12-1-4-14(5-2-12)34-23(25,26)27)17-8-7-15(17)19(16)22(28,9-10-30)21(32)33/h1-6,10-11,15,17,19H,7-9,28H2,(H,32,33). The fourth-order valence-corrected chi connectivity index (χ4v) is 4.96. The highest BCUT2D eigenvalue weighted by Gasteiger charge is 2.57. The van der Waals surface area contributed by atoms with Crippen LogP contribution >= 0.6 is 0 Å². The normalized spacial score (nSPS) is 23.1. The van der Waals surface area contributed by atoms with E-state index in [9.17, 15) is 37.1 Å². The van der Waals surface area contributed by atoms with Gasteiger partial charge < -0.3 is 25.3 Å². The molecule has 3 N–H and O–H groups in total. The second-order valence-corrected chi connectivity index (χ2v) is 8.45. The molecule has 1 aliphatic carbocycles. The van der Waals surface area contributed by atoms with Crippen molar-refractivity contribution >= 4 is 23.9 Å². The summed E-state index contributed by atoms with van der Waals surface area (Å²) >= 11 is 0. The average molecular weight is 480 g/mol. The number of carboxylic acids is 1. The predicted molar refractivity (Wildman–Crippen MR) is 111 cm³/mol. The minimum atomic E-state index is -4.89. The number of ether oxygens (including phenoxy) is 1. The fraction of sp³-hybridized carbons (Fsp3) is 0.348. The molecule has 2 aliphatic rings. The molecule has 180 valence electrons. The van der Waals surface area contributed by atoms with Crippen molar-refractivity contribution in [1.29, 1.82) is 0 Å². The van der Waals surface area contributed by atoms with E-state index in [2.05, 4.69) is 4.74 Å². The minimum Gasteiger partial charge on any atom is -0.480 e. The van der Waals surface area contributed by atoms with E-state index in [0.29, 0.717) is 24.7 Å². The molecule has 1 amide bonds. The Morgan fingerprint density at radius 3 is 2.35 bits per heavy atom. The maximum Gasteiger partial charge on any atom is 0.573 e. The van der Waals surface area contributed by atoms with Gasteiger partial charge in [-0.25, -0.2) is 4.39 Å². The zero-order valence-electron chi connectivity index (χ0n) is 17.6. The third-order valence-corrected chi connectivity index (χ3v) is 6.56. The molecule has 1 aliphatic heterocycles. The third kappa shape index (κ3) is 4.00. The first-order valence-electron chi connectivity index (χ1n) is 10.4. The molecule has 1 heterocycles. The topological polar surface area (TPSA) is 110 Å². The van der Waals surface area contributed by atoms with Gasteiger partial charge in [-0.05, 0) is 60.7 Å². The quantitative estimate of drug-likeness (QED) is 0.483. The second-order valence-electron chi connectivity index (χ2n) is 8.45. The van der Waals surface area contributed by atoms with E-state index in [1.165, 1.54) is 23.1 Å². The first-order valence-corrected chi connectivity index (χ1v) is 10.4. The summed E-state index contributed by atoms with van der Waals surface area (Å²) in [4.78, 5) is 38.1. The number of anilines is 1. The number of amides is 1. The van der Waals surface area contributed by atoms with E-state index in [1.807, 2.05) is 0 Å². The molecular weight excluding hydrogens is 460 g/mol. The molecule has 0 bridgehead atoms. The third-order valence-electron chi connectivity index (χ3n) is 6.56. The van der Waals surface area contributed by atoms with Crippen LogP contribution in [0.25, 0.3) is 0 Å². The van der Waals surface area contributed by atoms with Crippen LogP contribution in [0.5, 0.6) is 5.75 Å². The van der Waals surface area contributed by atoms with Gasteiger partial charge in [-0.2, -0.15) is 0 Å². The van der Waals surface area contributed by atoms with E-state index in [4.69, 9.17) is 5.73 Å². The molecule has 0 spiro atoms. The van der Waals surface area contributed by atoms with Crippen molar-refractivity contribution in [2.75, 3.05) is 4.90 Å². The van der Waals surface area contributed by atoms with Crippen LogP contribution in [0, 0.1) is 11.7 Å². The molecular formula is C23H20F4N2O5. The Morgan fingerprint density at radius 1 is 1.15 bits per heavy atom. The number of benzene rings is 2. The number of rotatable bonds is 6. The second kappa shape index (κ2) is 8.39. The van der Waals surface area contributed by atoms with Crippen LogP contribution in [0.15, 0.2) is 42.5 Å². The lowest BCUT2D eigenvalue weighted by Gasteiger charge is -2.55. The van der Waals surface area contributed by atoms with E-state index >= 15 is 0 Å². The van der Waals surface area contributed by atoms with Gasteiger partial charge in [0.2, 0.25) is 0 Å². The molecule has 34 heavy (non-hydrogen) atoms. The summed E-state index contributed by atoms with van der Waals surface area (Å²) in [5.74, 6) is -4.40. The average Bonchev–Trinajstić information content (AvgIpc) is 2.73. The number of aliphatic carboxylic acids is 1. The number of halogens is 4. The summed E-state index contributed by atoms with van der Waals surface area (Å²) in [5.41, 5.74) is 4.76. The van der Waals surface area contributed by atoms with Gasteiger partial charge in [-0.15, -0.1) is 13.2 Å². The van der Waals surface area contributed by atoms with E-state index in [1.54, 1.807) is 0 Å². The van der Waals surface area contributed by atoms with Crippen LogP contribution in [-0.2, 0) is 9.59 Å². The van der Waals surface area contributed by atoms with Gasteiger partial charge in [0.05, 0.1) is 5.69 Å². The van der Waals surface area contributed by atoms with Crippen molar-refractivity contribution in [3.63, 3.8) is 0 Å². The first kappa shape index (κ1) is 23.7. The highest BCUT2D eigenvalue weighted by molar-refractivity contribution is 6.07. The first-order chi connectivity index (χ1) is 16.0. The summed E-state index contributed by atoms with van der Waals surface area (Å²) in [6.45, 7) is 0. The van der Waals surface area contributed by atoms with E-state index in [0.717, 1.165) is 24.3 Å². The van der Waals surface area contributed by atoms with Crippen LogP contribution in [0.2, 0.25) is 0 Å². The van der Waals surface area contributed by atoms with Crippen molar-refractivity contribution in [2.45, 2.75) is 43.1 Å². The zero-order chi connectivity index (χ0) is 24.8. The summed E-state index contributed by atoms with van der Waals surface area (Å²) in [6, 6.07) is 7.39. The summed E-state index contributed by atoms with van der Waals surface area (Å²) in [5, 5.41) is 9.85. The van der Waals surface area contributed by atoms with E-state index in [-0.39, 0.29) is 11.3 Å². The molecule has 1 saturated carbocycles. The molecule has 0 aromatic heterocycles. The van der Waals surface area contributed by atoms with Crippen LogP contribution in [0.4, 0.5) is 23.2 Å². The Kier molecular flexibility index (Phi) is 5.84. The van der Waals surface area contributed by atoms with Gasteiger partial charge >= 0.3 is 12.3 Å². The molecule has 2 aromatic carbocycles.